The first kappa shape index (κ1) is 20.9. The summed E-state index contributed by atoms with van der Waals surface area (Å²) in [5.41, 5.74) is 2.97. The van der Waals surface area contributed by atoms with Gasteiger partial charge in [0.15, 0.2) is 0 Å². The van der Waals surface area contributed by atoms with E-state index in [4.69, 9.17) is 4.74 Å². The molecule has 4 rings (SSSR count). The fourth-order valence-electron chi connectivity index (χ4n) is 4.50. The summed E-state index contributed by atoms with van der Waals surface area (Å²) in [5, 5.41) is 3.21. The Morgan fingerprint density at radius 3 is 2.50 bits per heavy atom. The predicted octanol–water partition coefficient (Wildman–Crippen LogP) is 4.50. The minimum absolute atomic E-state index is 0.0343. The molecule has 0 atom stereocenters. The fraction of sp³-hybridized carbons (Fsp3) is 0.520. The number of likely N-dealkylation sites (tertiary alicyclic amines) is 1. The normalized spacial score (nSPS) is 22.4. The summed E-state index contributed by atoms with van der Waals surface area (Å²) in [6.45, 7) is 5.34. The van der Waals surface area contributed by atoms with Crippen molar-refractivity contribution in [2.75, 3.05) is 13.1 Å². The monoisotopic (exact) mass is 407 g/mol. The van der Waals surface area contributed by atoms with E-state index in [1.54, 1.807) is 6.20 Å². The highest BCUT2D eigenvalue weighted by atomic mass is 16.5. The summed E-state index contributed by atoms with van der Waals surface area (Å²) in [4.78, 5) is 19.5. The molecule has 2 aliphatic rings. The van der Waals surface area contributed by atoms with E-state index in [-0.39, 0.29) is 18.1 Å². The number of carbonyl (C=O) groups is 1. The van der Waals surface area contributed by atoms with Crippen LogP contribution in [0.3, 0.4) is 0 Å². The van der Waals surface area contributed by atoms with E-state index in [2.05, 4.69) is 27.3 Å². The van der Waals surface area contributed by atoms with Crippen LogP contribution in [0.4, 0.5) is 0 Å². The van der Waals surface area contributed by atoms with Crippen LogP contribution in [0.15, 0.2) is 42.6 Å². The van der Waals surface area contributed by atoms with Gasteiger partial charge in [0, 0.05) is 24.3 Å². The Kier molecular flexibility index (Phi) is 7.00. The molecule has 1 saturated carbocycles. The van der Waals surface area contributed by atoms with Crippen molar-refractivity contribution in [3.8, 4) is 5.75 Å². The largest absolute Gasteiger partial charge is 0.489 e. The maximum atomic E-state index is 12.7. The van der Waals surface area contributed by atoms with Gasteiger partial charge in [-0.25, -0.2) is 0 Å². The van der Waals surface area contributed by atoms with Gasteiger partial charge in [0.1, 0.15) is 5.75 Å². The number of amides is 1. The number of benzene rings is 1. The molecule has 2 fully saturated rings. The summed E-state index contributed by atoms with van der Waals surface area (Å²) < 4.78 is 6.12. The minimum atomic E-state index is 0.0343. The Morgan fingerprint density at radius 2 is 1.80 bits per heavy atom. The van der Waals surface area contributed by atoms with E-state index in [0.717, 1.165) is 49.2 Å². The molecule has 1 aromatic heterocycles. The van der Waals surface area contributed by atoms with Crippen molar-refractivity contribution in [1.82, 2.24) is 15.2 Å². The van der Waals surface area contributed by atoms with Crippen molar-refractivity contribution in [2.45, 2.75) is 70.6 Å². The Morgan fingerprint density at radius 1 is 1.07 bits per heavy atom. The quantitative estimate of drug-likeness (QED) is 0.766. The van der Waals surface area contributed by atoms with Gasteiger partial charge in [-0.1, -0.05) is 18.6 Å². The van der Waals surface area contributed by atoms with Crippen LogP contribution in [0.2, 0.25) is 0 Å². The number of nitrogens with one attached hydrogen (secondary N) is 1. The van der Waals surface area contributed by atoms with Gasteiger partial charge < -0.3 is 10.1 Å². The van der Waals surface area contributed by atoms with Crippen LogP contribution in [-0.2, 0) is 6.54 Å². The number of aryl methyl sites for hydroxylation is 1. The van der Waals surface area contributed by atoms with Crippen molar-refractivity contribution in [3.05, 3.63) is 59.4 Å². The SMILES string of the molecule is Cc1ncccc1OC1CCC(NC(=O)c2ccc(CN3CCCCC3)cc2)CC1. The number of hydrogen-bond acceptors (Lipinski definition) is 4. The van der Waals surface area contributed by atoms with Crippen LogP contribution in [0.25, 0.3) is 0 Å². The standard InChI is InChI=1S/C25H33N3O2/c1-19-24(6-5-15-26-19)30-23-13-11-22(12-14-23)27-25(29)21-9-7-20(8-10-21)18-28-16-3-2-4-17-28/h5-10,15,22-23H,2-4,11-14,16-18H2,1H3,(H,27,29). The molecule has 5 nitrogen and oxygen atoms in total. The molecule has 2 heterocycles. The van der Waals surface area contributed by atoms with Gasteiger partial charge >= 0.3 is 0 Å². The Hall–Kier alpha value is -2.40. The van der Waals surface area contributed by atoms with Gasteiger partial charge in [-0.3, -0.25) is 14.7 Å². The molecule has 160 valence electrons. The number of pyridine rings is 1. The molecule has 0 radical (unpaired) electrons. The lowest BCUT2D eigenvalue weighted by Gasteiger charge is -2.30. The van der Waals surface area contributed by atoms with E-state index in [1.165, 1.54) is 37.9 Å². The minimum Gasteiger partial charge on any atom is -0.489 e. The molecular weight excluding hydrogens is 374 g/mol. The lowest BCUT2D eigenvalue weighted by atomic mass is 9.92. The van der Waals surface area contributed by atoms with Gasteiger partial charge in [0.25, 0.3) is 5.91 Å². The first-order valence-corrected chi connectivity index (χ1v) is 11.4. The second-order valence-corrected chi connectivity index (χ2v) is 8.69. The van der Waals surface area contributed by atoms with Crippen molar-refractivity contribution in [2.24, 2.45) is 0 Å². The topological polar surface area (TPSA) is 54.5 Å². The second-order valence-electron chi connectivity index (χ2n) is 8.69. The zero-order valence-corrected chi connectivity index (χ0v) is 18.0. The Labute approximate surface area is 179 Å². The number of aromatic nitrogens is 1. The molecule has 0 bridgehead atoms. The molecule has 5 heteroatoms. The molecule has 1 saturated heterocycles. The third kappa shape index (κ3) is 5.60. The highest BCUT2D eigenvalue weighted by molar-refractivity contribution is 5.94. The van der Waals surface area contributed by atoms with Crippen molar-refractivity contribution >= 4 is 5.91 Å². The highest BCUT2D eigenvalue weighted by Crippen LogP contribution is 2.25. The van der Waals surface area contributed by atoms with Crippen LogP contribution >= 0.6 is 0 Å². The van der Waals surface area contributed by atoms with Gasteiger partial charge in [0.05, 0.1) is 11.8 Å². The van der Waals surface area contributed by atoms with Crippen LogP contribution in [0, 0.1) is 6.92 Å². The molecule has 2 aromatic rings. The number of ether oxygens (including phenoxy) is 1. The molecule has 1 amide bonds. The maximum Gasteiger partial charge on any atom is 0.251 e. The molecule has 0 unspecified atom stereocenters. The van der Waals surface area contributed by atoms with Gasteiger partial charge in [-0.2, -0.15) is 0 Å². The Bertz CT molecular complexity index is 823. The third-order valence-corrected chi connectivity index (χ3v) is 6.33. The number of rotatable bonds is 6. The molecule has 1 aliphatic heterocycles. The first-order valence-electron chi connectivity index (χ1n) is 11.4. The summed E-state index contributed by atoms with van der Waals surface area (Å²) in [7, 11) is 0. The highest BCUT2D eigenvalue weighted by Gasteiger charge is 2.24. The van der Waals surface area contributed by atoms with Gasteiger partial charge in [-0.05, 0) is 88.4 Å². The molecule has 0 spiro atoms. The Balaban J connectivity index is 1.23. The summed E-state index contributed by atoms with van der Waals surface area (Å²) >= 11 is 0. The van der Waals surface area contributed by atoms with E-state index in [1.807, 2.05) is 31.2 Å². The third-order valence-electron chi connectivity index (χ3n) is 6.33. The van der Waals surface area contributed by atoms with E-state index < -0.39 is 0 Å². The predicted molar refractivity (Wildman–Crippen MR) is 119 cm³/mol. The van der Waals surface area contributed by atoms with Gasteiger partial charge in [-0.15, -0.1) is 0 Å². The van der Waals surface area contributed by atoms with E-state index in [9.17, 15) is 4.79 Å². The van der Waals surface area contributed by atoms with Crippen molar-refractivity contribution in [1.29, 1.82) is 0 Å². The smallest absolute Gasteiger partial charge is 0.251 e. The zero-order valence-electron chi connectivity index (χ0n) is 18.0. The molecule has 30 heavy (non-hydrogen) atoms. The van der Waals surface area contributed by atoms with Crippen LogP contribution in [-0.4, -0.2) is 41.0 Å². The summed E-state index contributed by atoms with van der Waals surface area (Å²) in [6.07, 6.45) is 9.75. The van der Waals surface area contributed by atoms with E-state index in [0.29, 0.717) is 0 Å². The summed E-state index contributed by atoms with van der Waals surface area (Å²) in [6, 6.07) is 12.2. The number of nitrogens with zero attached hydrogens (tertiary/aromatic N) is 2. The number of piperidine rings is 1. The zero-order chi connectivity index (χ0) is 20.8. The number of carbonyl (C=O) groups excluding carboxylic acids is 1. The van der Waals surface area contributed by atoms with E-state index >= 15 is 0 Å². The average Bonchev–Trinajstić information content (AvgIpc) is 2.78. The molecule has 1 aliphatic carbocycles. The number of hydrogen-bond donors (Lipinski definition) is 1. The molecule has 1 N–H and O–H groups in total. The average molecular weight is 408 g/mol. The lowest BCUT2D eigenvalue weighted by molar-refractivity contribution is 0.0893. The maximum absolute atomic E-state index is 12.7. The first-order chi connectivity index (χ1) is 14.7. The molecule has 1 aromatic carbocycles. The molecular formula is C25H33N3O2. The van der Waals surface area contributed by atoms with Gasteiger partial charge in [0.2, 0.25) is 0 Å². The van der Waals surface area contributed by atoms with Crippen molar-refractivity contribution in [3.63, 3.8) is 0 Å². The lowest BCUT2D eigenvalue weighted by Crippen LogP contribution is -2.39. The fourth-order valence-corrected chi connectivity index (χ4v) is 4.50. The van der Waals surface area contributed by atoms with Crippen LogP contribution in [0.1, 0.15) is 66.6 Å². The second kappa shape index (κ2) is 10.1. The van der Waals surface area contributed by atoms with Crippen LogP contribution in [0.5, 0.6) is 5.75 Å². The van der Waals surface area contributed by atoms with Crippen LogP contribution < -0.4 is 10.1 Å². The summed E-state index contributed by atoms with van der Waals surface area (Å²) in [5.74, 6) is 0.904. The van der Waals surface area contributed by atoms with Crippen molar-refractivity contribution < 1.29 is 9.53 Å².